The number of methoxy groups -OCH3 is 1. The second kappa shape index (κ2) is 9.23. The van der Waals surface area contributed by atoms with E-state index < -0.39 is 0 Å². The van der Waals surface area contributed by atoms with Crippen LogP contribution in [0.2, 0.25) is 5.15 Å². The molecular formula is C21H20ClN5O2S. The summed E-state index contributed by atoms with van der Waals surface area (Å²) in [4.78, 5) is 30.2. The maximum absolute atomic E-state index is 13.1. The molecule has 0 aromatic carbocycles. The number of aliphatic imine (C=N–C) groups is 2. The lowest BCUT2D eigenvalue weighted by atomic mass is 10.0. The lowest BCUT2D eigenvalue weighted by Crippen LogP contribution is -2.28. The van der Waals surface area contributed by atoms with Crippen LogP contribution in [0.3, 0.4) is 0 Å². The second-order valence-corrected chi connectivity index (χ2v) is 7.74. The number of nitrogens with zero attached hydrogens (tertiary/aromatic N) is 4. The van der Waals surface area contributed by atoms with Gasteiger partial charge in [0.2, 0.25) is 0 Å². The Morgan fingerprint density at radius 1 is 1.30 bits per heavy atom. The van der Waals surface area contributed by atoms with Crippen molar-refractivity contribution in [2.45, 2.75) is 20.8 Å². The van der Waals surface area contributed by atoms with Crippen LogP contribution in [0.25, 0.3) is 11.1 Å². The highest BCUT2D eigenvalue weighted by molar-refractivity contribution is 8.27. The fourth-order valence-corrected chi connectivity index (χ4v) is 3.84. The summed E-state index contributed by atoms with van der Waals surface area (Å²) in [7, 11) is 1.53. The highest BCUT2D eigenvalue weighted by Gasteiger charge is 2.24. The van der Waals surface area contributed by atoms with E-state index in [0.717, 1.165) is 5.69 Å². The van der Waals surface area contributed by atoms with Crippen LogP contribution in [0.1, 0.15) is 29.9 Å². The van der Waals surface area contributed by atoms with Crippen LogP contribution in [-0.4, -0.2) is 33.2 Å². The lowest BCUT2D eigenvalue weighted by Gasteiger charge is -2.13. The number of thioether (sulfide) groups is 1. The minimum atomic E-state index is -0.356. The Morgan fingerprint density at radius 2 is 2.07 bits per heavy atom. The number of carbonyl (C=O) groups is 1. The van der Waals surface area contributed by atoms with E-state index >= 15 is 0 Å². The fraction of sp³-hybridized carbons (Fsp3) is 0.190. The quantitative estimate of drug-likeness (QED) is 0.689. The molecule has 154 valence electrons. The number of carbonyl (C=O) groups excluding carboxylic acids is 1. The van der Waals surface area contributed by atoms with Gasteiger partial charge < -0.3 is 10.1 Å². The highest BCUT2D eigenvalue weighted by atomic mass is 35.5. The Morgan fingerprint density at radius 3 is 2.73 bits per heavy atom. The van der Waals surface area contributed by atoms with Gasteiger partial charge in [-0.3, -0.25) is 9.78 Å². The molecule has 0 aliphatic carbocycles. The number of nitrogens with one attached hydrogen (secondary N) is 1. The van der Waals surface area contributed by atoms with Crippen LogP contribution in [0.4, 0.5) is 0 Å². The predicted octanol–water partition coefficient (Wildman–Crippen LogP) is 4.78. The first kappa shape index (κ1) is 21.7. The number of halogens is 1. The first-order valence-electron chi connectivity index (χ1n) is 8.97. The minimum Gasteiger partial charge on any atom is -0.494 e. The maximum Gasteiger partial charge on any atom is 0.259 e. The van der Waals surface area contributed by atoms with Crippen LogP contribution < -0.4 is 10.1 Å². The van der Waals surface area contributed by atoms with Gasteiger partial charge in [-0.2, -0.15) is 0 Å². The van der Waals surface area contributed by atoms with Crippen LogP contribution >= 0.6 is 23.4 Å². The zero-order valence-corrected chi connectivity index (χ0v) is 18.6. The number of allylic oxidation sites excluding steroid dienone is 2. The predicted molar refractivity (Wildman–Crippen MR) is 122 cm³/mol. The van der Waals surface area contributed by atoms with Crippen molar-refractivity contribution in [1.82, 2.24) is 15.3 Å². The Labute approximate surface area is 184 Å². The summed E-state index contributed by atoms with van der Waals surface area (Å²) in [5, 5.41) is 4.25. The van der Waals surface area contributed by atoms with E-state index in [0.29, 0.717) is 49.2 Å². The third-order valence-electron chi connectivity index (χ3n) is 4.05. The molecule has 2 aromatic heterocycles. The number of hydrogen-bond acceptors (Lipinski definition) is 7. The SMILES string of the molecule is C=C(C)N=C1SC(NC(=O)c2cnc(C)cc2-c2cc(Cl)ncc2OC)=N/C1=C/C. The number of hydrogen-bond donors (Lipinski definition) is 1. The third-order valence-corrected chi connectivity index (χ3v) is 5.14. The normalized spacial score (nSPS) is 16.0. The largest absolute Gasteiger partial charge is 0.494 e. The van der Waals surface area contributed by atoms with Gasteiger partial charge in [0, 0.05) is 28.7 Å². The Kier molecular flexibility index (Phi) is 6.69. The van der Waals surface area contributed by atoms with Gasteiger partial charge in [0.25, 0.3) is 5.91 Å². The number of ether oxygens (including phenoxy) is 1. The molecule has 1 N–H and O–H groups in total. The monoisotopic (exact) mass is 441 g/mol. The first-order chi connectivity index (χ1) is 14.3. The number of pyridine rings is 2. The molecule has 0 fully saturated rings. The first-order valence-corrected chi connectivity index (χ1v) is 10.2. The van der Waals surface area contributed by atoms with E-state index in [4.69, 9.17) is 16.3 Å². The molecule has 0 spiro atoms. The molecule has 1 aliphatic rings. The summed E-state index contributed by atoms with van der Waals surface area (Å²) in [5.74, 6) is 0.143. The minimum absolute atomic E-state index is 0.292. The molecule has 3 heterocycles. The number of aryl methyl sites for hydroxylation is 1. The standard InChI is InChI=1S/C21H20ClN5O2S/c1-6-16-20(25-11(2)3)30-21(26-16)27-19(28)15-9-23-12(4)7-13(15)14-8-18(22)24-10-17(14)29-5/h6-10H,2H2,1,3-5H3,(H,26,27,28)/b16-6+,25-20?. The van der Waals surface area contributed by atoms with Crippen LogP contribution in [-0.2, 0) is 0 Å². The summed E-state index contributed by atoms with van der Waals surface area (Å²) in [6.07, 6.45) is 4.87. The summed E-state index contributed by atoms with van der Waals surface area (Å²) < 4.78 is 5.41. The molecule has 0 saturated heterocycles. The third kappa shape index (κ3) is 4.77. The van der Waals surface area contributed by atoms with Gasteiger partial charge in [-0.05, 0) is 44.7 Å². The van der Waals surface area contributed by atoms with E-state index in [1.54, 1.807) is 19.1 Å². The van der Waals surface area contributed by atoms with Crippen molar-refractivity contribution in [2.75, 3.05) is 7.11 Å². The molecule has 3 rings (SSSR count). The molecule has 1 amide bonds. The van der Waals surface area contributed by atoms with E-state index in [2.05, 4.69) is 31.8 Å². The highest BCUT2D eigenvalue weighted by Crippen LogP contribution is 2.34. The number of amides is 1. The van der Waals surface area contributed by atoms with Crippen molar-refractivity contribution >= 4 is 39.5 Å². The molecular weight excluding hydrogens is 422 g/mol. The maximum atomic E-state index is 13.1. The van der Waals surface area contributed by atoms with Gasteiger partial charge >= 0.3 is 0 Å². The summed E-state index contributed by atoms with van der Waals surface area (Å²) in [5.41, 5.74) is 3.72. The van der Waals surface area contributed by atoms with Gasteiger partial charge in [0.1, 0.15) is 15.9 Å². The average Bonchev–Trinajstić information content (AvgIpc) is 3.08. The topological polar surface area (TPSA) is 88.8 Å². The van der Waals surface area contributed by atoms with Gasteiger partial charge in [0.05, 0.1) is 24.6 Å². The van der Waals surface area contributed by atoms with Crippen molar-refractivity contribution in [3.8, 4) is 16.9 Å². The summed E-state index contributed by atoms with van der Waals surface area (Å²) in [6.45, 7) is 9.30. The summed E-state index contributed by atoms with van der Waals surface area (Å²) in [6, 6.07) is 3.46. The van der Waals surface area contributed by atoms with Crippen LogP contribution in [0.15, 0.2) is 58.6 Å². The molecule has 0 atom stereocenters. The molecule has 0 radical (unpaired) electrons. The zero-order valence-electron chi connectivity index (χ0n) is 17.0. The van der Waals surface area contributed by atoms with Crippen molar-refractivity contribution in [1.29, 1.82) is 0 Å². The van der Waals surface area contributed by atoms with E-state index in [1.165, 1.54) is 31.3 Å². The van der Waals surface area contributed by atoms with Crippen molar-refractivity contribution in [3.05, 3.63) is 65.0 Å². The van der Waals surface area contributed by atoms with Crippen molar-refractivity contribution in [2.24, 2.45) is 9.98 Å². The zero-order chi connectivity index (χ0) is 21.8. The smallest absolute Gasteiger partial charge is 0.259 e. The molecule has 0 bridgehead atoms. The van der Waals surface area contributed by atoms with E-state index in [9.17, 15) is 4.79 Å². The van der Waals surface area contributed by atoms with Gasteiger partial charge in [-0.25, -0.2) is 15.0 Å². The Hall–Kier alpha value is -2.97. The average molecular weight is 442 g/mol. The van der Waals surface area contributed by atoms with E-state index in [-0.39, 0.29) is 5.91 Å². The van der Waals surface area contributed by atoms with Crippen molar-refractivity contribution < 1.29 is 9.53 Å². The molecule has 9 heteroatoms. The van der Waals surface area contributed by atoms with Crippen LogP contribution in [0, 0.1) is 6.92 Å². The fourth-order valence-electron chi connectivity index (χ4n) is 2.74. The van der Waals surface area contributed by atoms with Gasteiger partial charge in [-0.15, -0.1) is 0 Å². The second-order valence-electron chi connectivity index (χ2n) is 6.38. The van der Waals surface area contributed by atoms with E-state index in [1.807, 2.05) is 19.9 Å². The lowest BCUT2D eigenvalue weighted by molar-refractivity contribution is 0.0978. The number of aromatic nitrogens is 2. The molecule has 2 aromatic rings. The molecule has 7 nitrogen and oxygen atoms in total. The van der Waals surface area contributed by atoms with Gasteiger partial charge in [-0.1, -0.05) is 24.3 Å². The Balaban J connectivity index is 1.97. The molecule has 0 saturated carbocycles. The van der Waals surface area contributed by atoms with Gasteiger partial charge in [0.15, 0.2) is 5.17 Å². The van der Waals surface area contributed by atoms with Crippen molar-refractivity contribution in [3.63, 3.8) is 0 Å². The molecule has 1 aliphatic heterocycles. The Bertz CT molecular complexity index is 1120. The molecule has 0 unspecified atom stereocenters. The summed E-state index contributed by atoms with van der Waals surface area (Å²) >= 11 is 7.36. The number of amidine groups is 1. The molecule has 30 heavy (non-hydrogen) atoms. The van der Waals surface area contributed by atoms with Crippen LogP contribution in [0.5, 0.6) is 5.75 Å². The number of rotatable bonds is 4.